The van der Waals surface area contributed by atoms with E-state index in [4.69, 9.17) is 9.15 Å². The Morgan fingerprint density at radius 3 is 2.58 bits per heavy atom. The highest BCUT2D eigenvalue weighted by Gasteiger charge is 2.10. The molecule has 0 atom stereocenters. The van der Waals surface area contributed by atoms with Crippen LogP contribution in [0, 0.1) is 0 Å². The SMILES string of the molecule is COC(=O)c1coc(/C=C/c2ccc(OC)cc2)n1. The van der Waals surface area contributed by atoms with E-state index in [-0.39, 0.29) is 5.69 Å². The number of nitrogens with zero attached hydrogens (tertiary/aromatic N) is 1. The summed E-state index contributed by atoms with van der Waals surface area (Å²) in [5, 5.41) is 0. The predicted molar refractivity (Wildman–Crippen MR) is 69.8 cm³/mol. The van der Waals surface area contributed by atoms with Crippen molar-refractivity contribution in [1.29, 1.82) is 0 Å². The molecule has 5 heteroatoms. The zero-order valence-corrected chi connectivity index (χ0v) is 10.6. The van der Waals surface area contributed by atoms with Gasteiger partial charge in [0, 0.05) is 6.08 Å². The van der Waals surface area contributed by atoms with Gasteiger partial charge in [-0.1, -0.05) is 12.1 Å². The maximum absolute atomic E-state index is 11.2. The lowest BCUT2D eigenvalue weighted by Gasteiger charge is -1.98. The topological polar surface area (TPSA) is 61.6 Å². The van der Waals surface area contributed by atoms with Gasteiger partial charge in [-0.05, 0) is 23.8 Å². The lowest BCUT2D eigenvalue weighted by Crippen LogP contribution is -2.00. The average Bonchev–Trinajstić information content (AvgIpc) is 2.93. The van der Waals surface area contributed by atoms with Gasteiger partial charge in [-0.3, -0.25) is 0 Å². The number of ether oxygens (including phenoxy) is 2. The standard InChI is InChI=1S/C14H13NO4/c1-17-11-6-3-10(4-7-11)5-8-13-15-12(9-19-13)14(16)18-2/h3-9H,1-2H3/b8-5+. The second-order valence-corrected chi connectivity index (χ2v) is 3.67. The van der Waals surface area contributed by atoms with Crippen LogP contribution in [0.15, 0.2) is 34.9 Å². The Bertz CT molecular complexity index is 584. The maximum Gasteiger partial charge on any atom is 0.360 e. The molecule has 0 unspecified atom stereocenters. The van der Waals surface area contributed by atoms with E-state index in [9.17, 15) is 4.79 Å². The molecule has 2 rings (SSSR count). The van der Waals surface area contributed by atoms with E-state index in [1.54, 1.807) is 13.2 Å². The lowest BCUT2D eigenvalue weighted by atomic mass is 10.2. The Labute approximate surface area is 110 Å². The van der Waals surface area contributed by atoms with Gasteiger partial charge in [-0.25, -0.2) is 9.78 Å². The summed E-state index contributed by atoms with van der Waals surface area (Å²) < 4.78 is 14.7. The lowest BCUT2D eigenvalue weighted by molar-refractivity contribution is 0.0594. The monoisotopic (exact) mass is 259 g/mol. The molecule has 0 saturated carbocycles. The minimum absolute atomic E-state index is 0.150. The maximum atomic E-state index is 11.2. The second-order valence-electron chi connectivity index (χ2n) is 3.67. The minimum Gasteiger partial charge on any atom is -0.497 e. The molecule has 5 nitrogen and oxygen atoms in total. The van der Waals surface area contributed by atoms with Crippen molar-refractivity contribution in [3.8, 4) is 5.75 Å². The Morgan fingerprint density at radius 1 is 1.21 bits per heavy atom. The summed E-state index contributed by atoms with van der Waals surface area (Å²) >= 11 is 0. The van der Waals surface area contributed by atoms with Gasteiger partial charge >= 0.3 is 5.97 Å². The number of benzene rings is 1. The van der Waals surface area contributed by atoms with Crippen molar-refractivity contribution >= 4 is 18.1 Å². The van der Waals surface area contributed by atoms with E-state index >= 15 is 0 Å². The minimum atomic E-state index is -0.521. The van der Waals surface area contributed by atoms with Gasteiger partial charge in [0.15, 0.2) is 5.69 Å². The average molecular weight is 259 g/mol. The number of oxazole rings is 1. The van der Waals surface area contributed by atoms with Gasteiger partial charge in [0.25, 0.3) is 0 Å². The molecular weight excluding hydrogens is 246 g/mol. The molecule has 0 aliphatic rings. The van der Waals surface area contributed by atoms with Crippen LogP contribution in [0.1, 0.15) is 21.9 Å². The first-order valence-corrected chi connectivity index (χ1v) is 5.59. The molecule has 0 spiro atoms. The molecule has 0 aliphatic carbocycles. The van der Waals surface area contributed by atoms with Crippen LogP contribution in [-0.2, 0) is 4.74 Å². The number of hydrogen-bond donors (Lipinski definition) is 0. The molecule has 0 aliphatic heterocycles. The number of carbonyl (C=O) groups is 1. The van der Waals surface area contributed by atoms with Crippen LogP contribution in [0.25, 0.3) is 12.2 Å². The summed E-state index contributed by atoms with van der Waals surface area (Å²) in [7, 11) is 2.91. The fraction of sp³-hybridized carbons (Fsp3) is 0.143. The number of hydrogen-bond acceptors (Lipinski definition) is 5. The molecule has 1 aromatic heterocycles. The van der Waals surface area contributed by atoms with E-state index < -0.39 is 5.97 Å². The number of esters is 1. The largest absolute Gasteiger partial charge is 0.497 e. The molecule has 1 aromatic carbocycles. The highest BCUT2D eigenvalue weighted by molar-refractivity contribution is 5.87. The van der Waals surface area contributed by atoms with Gasteiger partial charge in [0.2, 0.25) is 5.89 Å². The zero-order valence-electron chi connectivity index (χ0n) is 10.6. The van der Waals surface area contributed by atoms with Crippen LogP contribution in [0.5, 0.6) is 5.75 Å². The Hall–Kier alpha value is -2.56. The summed E-state index contributed by atoms with van der Waals surface area (Å²) in [6.07, 6.45) is 4.76. The Kier molecular flexibility index (Phi) is 3.97. The van der Waals surface area contributed by atoms with E-state index in [1.807, 2.05) is 30.3 Å². The van der Waals surface area contributed by atoms with Crippen LogP contribution in [-0.4, -0.2) is 25.2 Å². The van der Waals surface area contributed by atoms with Crippen LogP contribution < -0.4 is 4.74 Å². The van der Waals surface area contributed by atoms with Crippen LogP contribution in [0.3, 0.4) is 0 Å². The Balaban J connectivity index is 2.09. The number of methoxy groups -OCH3 is 2. The summed E-state index contributed by atoms with van der Waals surface area (Å²) in [5.74, 6) is 0.616. The zero-order chi connectivity index (χ0) is 13.7. The third-order valence-corrected chi connectivity index (χ3v) is 2.45. The molecule has 19 heavy (non-hydrogen) atoms. The first-order valence-electron chi connectivity index (χ1n) is 5.59. The predicted octanol–water partition coefficient (Wildman–Crippen LogP) is 2.64. The first kappa shape index (κ1) is 12.9. The molecule has 0 N–H and O–H groups in total. The van der Waals surface area contributed by atoms with E-state index in [2.05, 4.69) is 9.72 Å². The molecule has 0 amide bonds. The van der Waals surface area contributed by atoms with Gasteiger partial charge in [0.1, 0.15) is 12.0 Å². The fourth-order valence-electron chi connectivity index (χ4n) is 1.45. The van der Waals surface area contributed by atoms with Crippen LogP contribution in [0.4, 0.5) is 0 Å². The highest BCUT2D eigenvalue weighted by atomic mass is 16.5. The number of rotatable bonds is 4. The molecule has 0 radical (unpaired) electrons. The van der Waals surface area contributed by atoms with Crippen molar-refractivity contribution < 1.29 is 18.7 Å². The fourth-order valence-corrected chi connectivity index (χ4v) is 1.45. The molecule has 2 aromatic rings. The smallest absolute Gasteiger partial charge is 0.360 e. The van der Waals surface area contributed by atoms with Gasteiger partial charge < -0.3 is 13.9 Å². The number of aromatic nitrogens is 1. The van der Waals surface area contributed by atoms with Crippen molar-refractivity contribution in [2.45, 2.75) is 0 Å². The summed E-state index contributed by atoms with van der Waals surface area (Å²) in [6.45, 7) is 0. The number of carbonyl (C=O) groups excluding carboxylic acids is 1. The van der Waals surface area contributed by atoms with E-state index in [0.29, 0.717) is 5.89 Å². The summed E-state index contributed by atoms with van der Waals surface area (Å²) in [4.78, 5) is 15.2. The third kappa shape index (κ3) is 3.22. The summed E-state index contributed by atoms with van der Waals surface area (Å²) in [5.41, 5.74) is 1.12. The van der Waals surface area contributed by atoms with E-state index in [0.717, 1.165) is 11.3 Å². The Morgan fingerprint density at radius 2 is 1.95 bits per heavy atom. The van der Waals surface area contributed by atoms with E-state index in [1.165, 1.54) is 13.4 Å². The molecule has 0 bridgehead atoms. The van der Waals surface area contributed by atoms with Crippen LogP contribution >= 0.6 is 0 Å². The van der Waals surface area contributed by atoms with Gasteiger partial charge in [-0.15, -0.1) is 0 Å². The summed E-state index contributed by atoms with van der Waals surface area (Å²) in [6, 6.07) is 7.52. The van der Waals surface area contributed by atoms with Gasteiger partial charge in [0.05, 0.1) is 14.2 Å². The highest BCUT2D eigenvalue weighted by Crippen LogP contribution is 2.14. The van der Waals surface area contributed by atoms with Gasteiger partial charge in [-0.2, -0.15) is 0 Å². The molecular formula is C14H13NO4. The van der Waals surface area contributed by atoms with Crippen molar-refractivity contribution in [3.05, 3.63) is 47.7 Å². The van der Waals surface area contributed by atoms with Crippen molar-refractivity contribution in [3.63, 3.8) is 0 Å². The van der Waals surface area contributed by atoms with Crippen molar-refractivity contribution in [1.82, 2.24) is 4.98 Å². The van der Waals surface area contributed by atoms with Crippen molar-refractivity contribution in [2.75, 3.05) is 14.2 Å². The normalized spacial score (nSPS) is 10.6. The molecule has 0 fully saturated rings. The van der Waals surface area contributed by atoms with Crippen molar-refractivity contribution in [2.24, 2.45) is 0 Å². The van der Waals surface area contributed by atoms with Crippen LogP contribution in [0.2, 0.25) is 0 Å². The molecule has 1 heterocycles. The molecule has 98 valence electrons. The quantitative estimate of drug-likeness (QED) is 0.790. The third-order valence-electron chi connectivity index (χ3n) is 2.45. The second kappa shape index (κ2) is 5.86. The first-order chi connectivity index (χ1) is 9.22. The molecule has 0 saturated heterocycles.